The van der Waals surface area contributed by atoms with E-state index in [-0.39, 0.29) is 6.10 Å². The Kier molecular flexibility index (Phi) is 4.48. The second-order valence-electron chi connectivity index (χ2n) is 6.93. The molecule has 0 bridgehead atoms. The second kappa shape index (κ2) is 5.71. The molecular weight excluding hydrogens is 210 g/mol. The molecule has 2 rings (SSSR count). The van der Waals surface area contributed by atoms with Crippen LogP contribution in [0.25, 0.3) is 0 Å². The molecule has 2 heteroatoms. The molecule has 0 aromatic heterocycles. The number of aliphatic hydroxyl groups excluding tert-OH is 1. The van der Waals surface area contributed by atoms with E-state index >= 15 is 0 Å². The number of piperidine rings is 1. The predicted molar refractivity (Wildman–Crippen MR) is 72.0 cm³/mol. The maximum Gasteiger partial charge on any atom is 0.0580 e. The Hall–Kier alpha value is -0.0800. The lowest BCUT2D eigenvalue weighted by Gasteiger charge is -2.39. The Morgan fingerprint density at radius 3 is 2.41 bits per heavy atom. The molecule has 2 aliphatic rings. The first kappa shape index (κ1) is 13.4. The van der Waals surface area contributed by atoms with Crippen LogP contribution in [0.3, 0.4) is 0 Å². The summed E-state index contributed by atoms with van der Waals surface area (Å²) in [6.45, 7) is 8.36. The van der Waals surface area contributed by atoms with E-state index in [0.29, 0.717) is 11.3 Å². The van der Waals surface area contributed by atoms with E-state index in [0.717, 1.165) is 13.0 Å². The molecule has 1 saturated carbocycles. The van der Waals surface area contributed by atoms with Gasteiger partial charge in [-0.15, -0.1) is 0 Å². The third-order valence-electron chi connectivity index (χ3n) is 4.82. The van der Waals surface area contributed by atoms with Crippen molar-refractivity contribution < 1.29 is 5.11 Å². The molecular formula is C15H29NO. The number of hydrogen-bond acceptors (Lipinski definition) is 2. The Balaban J connectivity index is 1.80. The van der Waals surface area contributed by atoms with Crippen molar-refractivity contribution in [3.05, 3.63) is 0 Å². The van der Waals surface area contributed by atoms with Crippen LogP contribution < -0.4 is 0 Å². The number of hydrogen-bond donors (Lipinski definition) is 1. The zero-order valence-corrected chi connectivity index (χ0v) is 11.6. The third kappa shape index (κ3) is 3.96. The van der Waals surface area contributed by atoms with E-state index in [9.17, 15) is 5.11 Å². The highest BCUT2D eigenvalue weighted by Gasteiger charge is 2.29. The fourth-order valence-electron chi connectivity index (χ4n) is 3.25. The van der Waals surface area contributed by atoms with Crippen LogP contribution in [0.1, 0.15) is 58.8 Å². The maximum absolute atomic E-state index is 10.2. The first-order valence-electron chi connectivity index (χ1n) is 7.47. The van der Waals surface area contributed by atoms with Gasteiger partial charge in [-0.05, 0) is 50.1 Å². The van der Waals surface area contributed by atoms with Crippen LogP contribution in [0.15, 0.2) is 0 Å². The fraction of sp³-hybridized carbons (Fsp3) is 1.00. The average molecular weight is 239 g/mol. The summed E-state index contributed by atoms with van der Waals surface area (Å²) < 4.78 is 0. The molecule has 17 heavy (non-hydrogen) atoms. The van der Waals surface area contributed by atoms with Crippen LogP contribution in [0, 0.1) is 11.3 Å². The van der Waals surface area contributed by atoms with Crippen molar-refractivity contribution in [3.8, 4) is 0 Å². The van der Waals surface area contributed by atoms with E-state index in [1.54, 1.807) is 0 Å². The van der Waals surface area contributed by atoms with Gasteiger partial charge in [-0.3, -0.25) is 0 Å². The second-order valence-corrected chi connectivity index (χ2v) is 6.93. The Morgan fingerprint density at radius 1 is 1.06 bits per heavy atom. The van der Waals surface area contributed by atoms with Crippen LogP contribution in [0.4, 0.5) is 0 Å². The molecule has 0 aromatic rings. The van der Waals surface area contributed by atoms with Gasteiger partial charge in [0.05, 0.1) is 6.10 Å². The van der Waals surface area contributed by atoms with Crippen molar-refractivity contribution in [1.82, 2.24) is 4.90 Å². The number of likely N-dealkylation sites (tertiary alicyclic amines) is 1. The number of rotatable bonds is 2. The summed E-state index contributed by atoms with van der Waals surface area (Å²) in [5, 5.41) is 10.2. The van der Waals surface area contributed by atoms with E-state index in [1.165, 1.54) is 51.6 Å². The standard InChI is InChI=1S/C15H29NO/c1-15(2)8-10-16(11-9-15)12-13-6-4-3-5-7-14(13)17/h13-14,17H,3-12H2,1-2H3. The van der Waals surface area contributed by atoms with E-state index in [2.05, 4.69) is 18.7 Å². The molecule has 1 heterocycles. The molecule has 100 valence electrons. The lowest BCUT2D eigenvalue weighted by atomic mass is 9.82. The highest BCUT2D eigenvalue weighted by molar-refractivity contribution is 4.82. The van der Waals surface area contributed by atoms with Gasteiger partial charge in [0.15, 0.2) is 0 Å². The van der Waals surface area contributed by atoms with Crippen molar-refractivity contribution in [1.29, 1.82) is 0 Å². The largest absolute Gasteiger partial charge is 0.393 e. The van der Waals surface area contributed by atoms with Crippen LogP contribution in [0.5, 0.6) is 0 Å². The normalized spacial score (nSPS) is 35.5. The molecule has 2 fully saturated rings. The van der Waals surface area contributed by atoms with Gasteiger partial charge in [-0.2, -0.15) is 0 Å². The van der Waals surface area contributed by atoms with Crippen LogP contribution >= 0.6 is 0 Å². The summed E-state index contributed by atoms with van der Waals surface area (Å²) >= 11 is 0. The molecule has 0 amide bonds. The molecule has 0 radical (unpaired) electrons. The van der Waals surface area contributed by atoms with Crippen molar-refractivity contribution >= 4 is 0 Å². The minimum atomic E-state index is -0.0348. The zero-order valence-electron chi connectivity index (χ0n) is 11.6. The van der Waals surface area contributed by atoms with Gasteiger partial charge in [0.2, 0.25) is 0 Å². The lowest BCUT2D eigenvalue weighted by Crippen LogP contribution is -2.42. The molecule has 1 saturated heterocycles. The highest BCUT2D eigenvalue weighted by atomic mass is 16.3. The predicted octanol–water partition coefficient (Wildman–Crippen LogP) is 3.05. The number of aliphatic hydroxyl groups is 1. The molecule has 0 spiro atoms. The first-order chi connectivity index (χ1) is 8.07. The van der Waals surface area contributed by atoms with Crippen molar-refractivity contribution in [3.63, 3.8) is 0 Å². The first-order valence-corrected chi connectivity index (χ1v) is 7.47. The van der Waals surface area contributed by atoms with Gasteiger partial charge in [-0.25, -0.2) is 0 Å². The number of nitrogens with zero attached hydrogens (tertiary/aromatic N) is 1. The minimum Gasteiger partial charge on any atom is -0.393 e. The summed E-state index contributed by atoms with van der Waals surface area (Å²) in [7, 11) is 0. The van der Waals surface area contributed by atoms with Crippen molar-refractivity contribution in [2.24, 2.45) is 11.3 Å². The van der Waals surface area contributed by atoms with Gasteiger partial charge in [0, 0.05) is 6.54 Å². The smallest absolute Gasteiger partial charge is 0.0580 e. The van der Waals surface area contributed by atoms with E-state index < -0.39 is 0 Å². The van der Waals surface area contributed by atoms with E-state index in [4.69, 9.17) is 0 Å². The molecule has 1 N–H and O–H groups in total. The summed E-state index contributed by atoms with van der Waals surface area (Å²) in [6, 6.07) is 0. The lowest BCUT2D eigenvalue weighted by molar-refractivity contribution is 0.0524. The highest BCUT2D eigenvalue weighted by Crippen LogP contribution is 2.31. The Morgan fingerprint density at radius 2 is 1.71 bits per heavy atom. The van der Waals surface area contributed by atoms with Gasteiger partial charge < -0.3 is 10.0 Å². The Bertz CT molecular complexity index is 229. The fourth-order valence-corrected chi connectivity index (χ4v) is 3.25. The topological polar surface area (TPSA) is 23.5 Å². The molecule has 1 aliphatic carbocycles. The zero-order chi connectivity index (χ0) is 12.3. The van der Waals surface area contributed by atoms with Gasteiger partial charge in [-0.1, -0.05) is 33.1 Å². The SMILES string of the molecule is CC1(C)CCN(CC2CCCCCC2O)CC1. The van der Waals surface area contributed by atoms with Crippen LogP contribution in [0.2, 0.25) is 0 Å². The van der Waals surface area contributed by atoms with Crippen molar-refractivity contribution in [2.45, 2.75) is 64.9 Å². The minimum absolute atomic E-state index is 0.0348. The summed E-state index contributed by atoms with van der Waals surface area (Å²) in [6.07, 6.45) is 8.73. The summed E-state index contributed by atoms with van der Waals surface area (Å²) in [5.74, 6) is 0.540. The van der Waals surface area contributed by atoms with Crippen LogP contribution in [-0.2, 0) is 0 Å². The average Bonchev–Trinajstić information content (AvgIpc) is 2.47. The van der Waals surface area contributed by atoms with Gasteiger partial charge in [0.1, 0.15) is 0 Å². The monoisotopic (exact) mass is 239 g/mol. The Labute approximate surface area is 106 Å². The molecule has 2 nitrogen and oxygen atoms in total. The van der Waals surface area contributed by atoms with Crippen molar-refractivity contribution in [2.75, 3.05) is 19.6 Å². The molecule has 2 atom stereocenters. The summed E-state index contributed by atoms with van der Waals surface area (Å²) in [5.41, 5.74) is 0.540. The third-order valence-corrected chi connectivity index (χ3v) is 4.82. The molecule has 0 aromatic carbocycles. The molecule has 1 aliphatic heterocycles. The molecule has 2 unspecified atom stereocenters. The van der Waals surface area contributed by atoms with E-state index in [1.807, 2.05) is 0 Å². The van der Waals surface area contributed by atoms with Gasteiger partial charge in [0.25, 0.3) is 0 Å². The van der Waals surface area contributed by atoms with Crippen LogP contribution in [-0.4, -0.2) is 35.7 Å². The van der Waals surface area contributed by atoms with Gasteiger partial charge >= 0.3 is 0 Å². The summed E-state index contributed by atoms with van der Waals surface area (Å²) in [4.78, 5) is 2.59. The maximum atomic E-state index is 10.2. The quantitative estimate of drug-likeness (QED) is 0.749.